The molecule has 0 aliphatic carbocycles. The smallest absolute Gasteiger partial charge is 0.168 e. The van der Waals surface area contributed by atoms with E-state index in [4.69, 9.17) is 4.74 Å². The summed E-state index contributed by atoms with van der Waals surface area (Å²) in [6.07, 6.45) is 4.60. The van der Waals surface area contributed by atoms with Gasteiger partial charge in [-0.05, 0) is 43.2 Å². The van der Waals surface area contributed by atoms with E-state index in [9.17, 15) is 4.39 Å². The van der Waals surface area contributed by atoms with Crippen molar-refractivity contribution in [2.45, 2.75) is 43.7 Å². The zero-order valence-corrected chi connectivity index (χ0v) is 10.1. The minimum Gasteiger partial charge on any atom is -0.494 e. The molecular weight excluding hydrogens is 217 g/mol. The molecule has 2 aliphatic rings. The average molecular weight is 235 g/mol. The summed E-state index contributed by atoms with van der Waals surface area (Å²) in [5, 5.41) is 3.58. The summed E-state index contributed by atoms with van der Waals surface area (Å²) < 4.78 is 19.2. The van der Waals surface area contributed by atoms with Gasteiger partial charge in [0, 0.05) is 12.1 Å². The van der Waals surface area contributed by atoms with Gasteiger partial charge in [0.25, 0.3) is 0 Å². The fourth-order valence-electron chi connectivity index (χ4n) is 3.31. The quantitative estimate of drug-likeness (QED) is 0.851. The number of hydrogen-bond donors (Lipinski definition) is 1. The molecule has 0 aromatic heterocycles. The highest BCUT2D eigenvalue weighted by Crippen LogP contribution is 2.39. The predicted octanol–water partition coefficient (Wildman–Crippen LogP) is 2.83. The fourth-order valence-corrected chi connectivity index (χ4v) is 3.31. The van der Waals surface area contributed by atoms with Crippen LogP contribution in [-0.4, -0.2) is 19.2 Å². The molecule has 0 amide bonds. The van der Waals surface area contributed by atoms with Crippen molar-refractivity contribution >= 4 is 0 Å². The molecule has 2 aliphatic heterocycles. The Kier molecular flexibility index (Phi) is 2.79. The third-order valence-corrected chi connectivity index (χ3v) is 4.13. The second-order valence-electron chi connectivity index (χ2n) is 5.17. The first-order chi connectivity index (χ1) is 8.28. The van der Waals surface area contributed by atoms with Gasteiger partial charge in [-0.3, -0.25) is 0 Å². The van der Waals surface area contributed by atoms with Gasteiger partial charge in [0.15, 0.2) is 11.6 Å². The number of ether oxygens (including phenoxy) is 1. The Labute approximate surface area is 101 Å². The molecule has 2 saturated heterocycles. The molecule has 17 heavy (non-hydrogen) atoms. The highest BCUT2D eigenvalue weighted by atomic mass is 19.1. The van der Waals surface area contributed by atoms with E-state index >= 15 is 0 Å². The molecule has 1 aromatic rings. The van der Waals surface area contributed by atoms with Crippen LogP contribution in [0.4, 0.5) is 4.39 Å². The van der Waals surface area contributed by atoms with Crippen molar-refractivity contribution in [1.29, 1.82) is 0 Å². The number of halogens is 1. The van der Waals surface area contributed by atoms with Crippen LogP contribution in [0.3, 0.4) is 0 Å². The Morgan fingerprint density at radius 1 is 1.24 bits per heavy atom. The lowest BCUT2D eigenvalue weighted by Crippen LogP contribution is -2.37. The van der Waals surface area contributed by atoms with Crippen molar-refractivity contribution in [2.24, 2.45) is 0 Å². The van der Waals surface area contributed by atoms with E-state index in [0.29, 0.717) is 23.8 Å². The third-order valence-electron chi connectivity index (χ3n) is 4.13. The van der Waals surface area contributed by atoms with Crippen molar-refractivity contribution in [3.63, 3.8) is 0 Å². The van der Waals surface area contributed by atoms with Crippen LogP contribution < -0.4 is 10.1 Å². The molecule has 3 rings (SSSR count). The third kappa shape index (κ3) is 1.93. The van der Waals surface area contributed by atoms with Crippen molar-refractivity contribution in [3.05, 3.63) is 29.6 Å². The maximum Gasteiger partial charge on any atom is 0.168 e. The van der Waals surface area contributed by atoms with Crippen LogP contribution in [0.15, 0.2) is 18.2 Å². The molecule has 3 heteroatoms. The molecule has 0 radical (unpaired) electrons. The number of hydrogen-bond acceptors (Lipinski definition) is 2. The molecule has 2 nitrogen and oxygen atoms in total. The Hall–Kier alpha value is -1.09. The molecule has 1 aromatic carbocycles. The standard InChI is InChI=1S/C14H18FNO/c1-17-13-4-2-3-12(14(13)15)9-7-10-5-6-11(8-9)16-10/h2-4,9-11,16H,5-8H2,1H3/t9?,10-,11+. The SMILES string of the molecule is COc1cccc(C2C[C@H]3CC[C@@H](C2)N3)c1F. The van der Waals surface area contributed by atoms with Gasteiger partial charge in [0.05, 0.1) is 7.11 Å². The molecule has 0 saturated carbocycles. The van der Waals surface area contributed by atoms with Crippen molar-refractivity contribution in [1.82, 2.24) is 5.32 Å². The lowest BCUT2D eigenvalue weighted by Gasteiger charge is -2.29. The van der Waals surface area contributed by atoms with Crippen LogP contribution in [-0.2, 0) is 0 Å². The maximum atomic E-state index is 14.2. The van der Waals surface area contributed by atoms with E-state index < -0.39 is 0 Å². The van der Waals surface area contributed by atoms with E-state index in [1.165, 1.54) is 20.0 Å². The summed E-state index contributed by atoms with van der Waals surface area (Å²) in [4.78, 5) is 0. The lowest BCUT2D eigenvalue weighted by atomic mass is 9.86. The Bertz CT molecular complexity index is 409. The fraction of sp³-hybridized carbons (Fsp3) is 0.571. The zero-order valence-electron chi connectivity index (χ0n) is 10.1. The van der Waals surface area contributed by atoms with Crippen molar-refractivity contribution in [2.75, 3.05) is 7.11 Å². The zero-order chi connectivity index (χ0) is 11.8. The molecule has 0 spiro atoms. The first kappa shape index (κ1) is 11.0. The van der Waals surface area contributed by atoms with E-state index in [2.05, 4.69) is 5.32 Å². The minimum atomic E-state index is -0.165. The molecule has 3 atom stereocenters. The van der Waals surface area contributed by atoms with E-state index in [1.807, 2.05) is 12.1 Å². The summed E-state index contributed by atoms with van der Waals surface area (Å²) in [5.41, 5.74) is 0.836. The maximum absolute atomic E-state index is 14.2. The van der Waals surface area contributed by atoms with E-state index in [0.717, 1.165) is 18.4 Å². The topological polar surface area (TPSA) is 21.3 Å². The van der Waals surface area contributed by atoms with Gasteiger partial charge in [-0.2, -0.15) is 0 Å². The molecule has 1 unspecified atom stereocenters. The van der Waals surface area contributed by atoms with Crippen molar-refractivity contribution in [3.8, 4) is 5.75 Å². The number of benzene rings is 1. The number of rotatable bonds is 2. The first-order valence-corrected chi connectivity index (χ1v) is 6.36. The summed E-state index contributed by atoms with van der Waals surface area (Å²) in [7, 11) is 1.52. The minimum absolute atomic E-state index is 0.165. The molecule has 2 bridgehead atoms. The van der Waals surface area contributed by atoms with Crippen LogP contribution in [0.25, 0.3) is 0 Å². The summed E-state index contributed by atoms with van der Waals surface area (Å²) in [5.74, 6) is 0.554. The van der Waals surface area contributed by atoms with Gasteiger partial charge in [-0.15, -0.1) is 0 Å². The molecule has 2 fully saturated rings. The van der Waals surface area contributed by atoms with E-state index in [-0.39, 0.29) is 5.82 Å². The van der Waals surface area contributed by atoms with Gasteiger partial charge in [-0.25, -0.2) is 4.39 Å². The first-order valence-electron chi connectivity index (χ1n) is 6.36. The normalized spacial score (nSPS) is 31.5. The number of methoxy groups -OCH3 is 1. The highest BCUT2D eigenvalue weighted by molar-refractivity contribution is 5.34. The van der Waals surface area contributed by atoms with Gasteiger partial charge < -0.3 is 10.1 Å². The summed E-state index contributed by atoms with van der Waals surface area (Å²) in [6.45, 7) is 0. The van der Waals surface area contributed by atoms with E-state index in [1.54, 1.807) is 6.07 Å². The molecule has 92 valence electrons. The Morgan fingerprint density at radius 3 is 2.59 bits per heavy atom. The lowest BCUT2D eigenvalue weighted by molar-refractivity contribution is 0.346. The summed E-state index contributed by atoms with van der Waals surface area (Å²) >= 11 is 0. The highest BCUT2D eigenvalue weighted by Gasteiger charge is 2.35. The van der Waals surface area contributed by atoms with Crippen LogP contribution in [0.2, 0.25) is 0 Å². The monoisotopic (exact) mass is 235 g/mol. The second-order valence-corrected chi connectivity index (χ2v) is 5.17. The average Bonchev–Trinajstić information content (AvgIpc) is 2.68. The Balaban J connectivity index is 1.89. The van der Waals surface area contributed by atoms with Gasteiger partial charge in [-0.1, -0.05) is 12.1 Å². The van der Waals surface area contributed by atoms with Crippen LogP contribution in [0.5, 0.6) is 5.75 Å². The predicted molar refractivity (Wildman–Crippen MR) is 64.9 cm³/mol. The van der Waals surface area contributed by atoms with Gasteiger partial charge >= 0.3 is 0 Å². The van der Waals surface area contributed by atoms with Crippen LogP contribution in [0.1, 0.15) is 37.2 Å². The van der Waals surface area contributed by atoms with Crippen molar-refractivity contribution < 1.29 is 9.13 Å². The molecular formula is C14H18FNO. The second kappa shape index (κ2) is 4.30. The molecule has 1 N–H and O–H groups in total. The number of piperidine rings is 1. The van der Waals surface area contributed by atoms with Crippen LogP contribution >= 0.6 is 0 Å². The van der Waals surface area contributed by atoms with Gasteiger partial charge in [0.2, 0.25) is 0 Å². The Morgan fingerprint density at radius 2 is 1.94 bits per heavy atom. The number of fused-ring (bicyclic) bond motifs is 2. The molecule has 2 heterocycles. The van der Waals surface area contributed by atoms with Crippen LogP contribution in [0, 0.1) is 5.82 Å². The largest absolute Gasteiger partial charge is 0.494 e. The summed E-state index contributed by atoms with van der Waals surface area (Å²) in [6, 6.07) is 6.66. The number of nitrogens with one attached hydrogen (secondary N) is 1. The van der Waals surface area contributed by atoms with Gasteiger partial charge in [0.1, 0.15) is 0 Å².